The summed E-state index contributed by atoms with van der Waals surface area (Å²) in [6.45, 7) is 1.33. The van der Waals surface area contributed by atoms with E-state index in [1.54, 1.807) is 0 Å². The van der Waals surface area contributed by atoms with Crippen LogP contribution in [0.25, 0.3) is 0 Å². The minimum absolute atomic E-state index is 0.666. The zero-order chi connectivity index (χ0) is 11.0. The Hall–Kier alpha value is -0.700. The molecule has 2 unspecified atom stereocenters. The first kappa shape index (κ1) is 10.5. The summed E-state index contributed by atoms with van der Waals surface area (Å²) in [7, 11) is 0. The molecule has 3 rings (SSSR count). The molecule has 0 saturated heterocycles. The summed E-state index contributed by atoms with van der Waals surface area (Å²) < 4.78 is 11.1. The fourth-order valence-corrected chi connectivity index (χ4v) is 3.26. The van der Waals surface area contributed by atoms with Crippen LogP contribution < -0.4 is 9.47 Å². The van der Waals surface area contributed by atoms with Crippen LogP contribution in [0.1, 0.15) is 30.7 Å². The number of hydrogen-bond acceptors (Lipinski definition) is 2. The molecule has 86 valence electrons. The maximum absolute atomic E-state index is 5.61. The van der Waals surface area contributed by atoms with E-state index in [4.69, 9.17) is 9.47 Å². The molecule has 1 heterocycles. The second kappa shape index (κ2) is 4.28. The molecule has 0 aromatic heterocycles. The number of ether oxygens (including phenoxy) is 2. The van der Waals surface area contributed by atoms with E-state index in [0.717, 1.165) is 11.5 Å². The lowest BCUT2D eigenvalue weighted by atomic mass is 9.97. The molecule has 16 heavy (non-hydrogen) atoms. The number of halogens is 1. The third-order valence-electron chi connectivity index (χ3n) is 3.41. The summed E-state index contributed by atoms with van der Waals surface area (Å²) in [5, 5.41) is 0. The van der Waals surface area contributed by atoms with Crippen molar-refractivity contribution in [3.8, 4) is 11.5 Å². The molecular formula is C13H15BrO2. The first-order valence-electron chi connectivity index (χ1n) is 5.86. The zero-order valence-electron chi connectivity index (χ0n) is 9.12. The maximum atomic E-state index is 5.61. The van der Waals surface area contributed by atoms with E-state index < -0.39 is 0 Å². The Morgan fingerprint density at radius 1 is 1.06 bits per heavy atom. The van der Waals surface area contributed by atoms with Crippen LogP contribution in [0.3, 0.4) is 0 Å². The van der Waals surface area contributed by atoms with Crippen LogP contribution in [0, 0.1) is 0 Å². The van der Waals surface area contributed by atoms with Crippen molar-refractivity contribution in [3.05, 3.63) is 23.8 Å². The van der Waals surface area contributed by atoms with E-state index >= 15 is 0 Å². The van der Waals surface area contributed by atoms with E-state index in [1.165, 1.54) is 24.8 Å². The fraction of sp³-hybridized carbons (Fsp3) is 0.538. The molecule has 2 nitrogen and oxygen atoms in total. The monoisotopic (exact) mass is 282 g/mol. The third kappa shape index (κ3) is 1.93. The van der Waals surface area contributed by atoms with Gasteiger partial charge in [-0.3, -0.25) is 0 Å². The molecule has 1 fully saturated rings. The van der Waals surface area contributed by atoms with Crippen molar-refractivity contribution in [1.29, 1.82) is 0 Å². The normalized spacial score (nSPS) is 28.1. The summed E-state index contributed by atoms with van der Waals surface area (Å²) in [6.07, 6.45) is 3.79. The Kier molecular flexibility index (Phi) is 2.80. The van der Waals surface area contributed by atoms with E-state index in [9.17, 15) is 0 Å². The van der Waals surface area contributed by atoms with Crippen molar-refractivity contribution in [3.63, 3.8) is 0 Å². The summed E-state index contributed by atoms with van der Waals surface area (Å²) in [4.78, 5) is 0.686. The third-order valence-corrected chi connectivity index (χ3v) is 4.24. The van der Waals surface area contributed by atoms with E-state index in [0.29, 0.717) is 24.0 Å². The van der Waals surface area contributed by atoms with Crippen LogP contribution in [0.15, 0.2) is 18.2 Å². The second-order valence-electron chi connectivity index (χ2n) is 4.51. The van der Waals surface area contributed by atoms with Gasteiger partial charge < -0.3 is 9.47 Å². The van der Waals surface area contributed by atoms with E-state index in [-0.39, 0.29) is 0 Å². The molecule has 2 aliphatic rings. The molecule has 0 amide bonds. The van der Waals surface area contributed by atoms with Gasteiger partial charge in [-0.25, -0.2) is 0 Å². The van der Waals surface area contributed by atoms with Crippen molar-refractivity contribution in [2.75, 3.05) is 13.2 Å². The smallest absolute Gasteiger partial charge is 0.161 e. The Morgan fingerprint density at radius 3 is 2.62 bits per heavy atom. The lowest BCUT2D eigenvalue weighted by molar-refractivity contribution is 0.171. The SMILES string of the molecule is BrC1CCC(c2ccc3c(c2)OCCO3)C1. The highest BCUT2D eigenvalue weighted by atomic mass is 79.9. The fourth-order valence-electron chi connectivity index (χ4n) is 2.54. The molecule has 1 aromatic rings. The van der Waals surface area contributed by atoms with Gasteiger partial charge in [-0.05, 0) is 42.9 Å². The number of hydrogen-bond donors (Lipinski definition) is 0. The molecule has 0 spiro atoms. The quantitative estimate of drug-likeness (QED) is 0.734. The zero-order valence-corrected chi connectivity index (χ0v) is 10.7. The van der Waals surface area contributed by atoms with Gasteiger partial charge in [0.1, 0.15) is 13.2 Å². The molecule has 2 atom stereocenters. The molecule has 1 aromatic carbocycles. The predicted octanol–water partition coefficient (Wildman–Crippen LogP) is 3.49. The highest BCUT2D eigenvalue weighted by Crippen LogP contribution is 2.41. The van der Waals surface area contributed by atoms with Gasteiger partial charge in [0.25, 0.3) is 0 Å². The summed E-state index contributed by atoms with van der Waals surface area (Å²) in [6, 6.07) is 6.39. The average molecular weight is 283 g/mol. The first-order valence-corrected chi connectivity index (χ1v) is 6.78. The van der Waals surface area contributed by atoms with Crippen molar-refractivity contribution < 1.29 is 9.47 Å². The molecular weight excluding hydrogens is 268 g/mol. The Bertz CT molecular complexity index is 392. The minimum atomic E-state index is 0.666. The number of benzene rings is 1. The van der Waals surface area contributed by atoms with Crippen LogP contribution in [0.5, 0.6) is 11.5 Å². The summed E-state index contributed by atoms with van der Waals surface area (Å²) >= 11 is 3.69. The number of alkyl halides is 1. The molecule has 1 saturated carbocycles. The van der Waals surface area contributed by atoms with Gasteiger partial charge in [-0.15, -0.1) is 0 Å². The van der Waals surface area contributed by atoms with Crippen LogP contribution in [-0.4, -0.2) is 18.0 Å². The van der Waals surface area contributed by atoms with Gasteiger partial charge in [0.05, 0.1) is 0 Å². The summed E-state index contributed by atoms with van der Waals surface area (Å²) in [5.74, 6) is 2.49. The highest BCUT2D eigenvalue weighted by molar-refractivity contribution is 9.09. The Morgan fingerprint density at radius 2 is 1.88 bits per heavy atom. The van der Waals surface area contributed by atoms with E-state index in [2.05, 4.69) is 28.1 Å². The van der Waals surface area contributed by atoms with Gasteiger partial charge in [-0.2, -0.15) is 0 Å². The van der Waals surface area contributed by atoms with Gasteiger partial charge in [-0.1, -0.05) is 22.0 Å². The molecule has 0 bridgehead atoms. The van der Waals surface area contributed by atoms with Crippen molar-refractivity contribution in [2.24, 2.45) is 0 Å². The van der Waals surface area contributed by atoms with Gasteiger partial charge in [0.2, 0.25) is 0 Å². The summed E-state index contributed by atoms with van der Waals surface area (Å²) in [5.41, 5.74) is 1.39. The van der Waals surface area contributed by atoms with Crippen molar-refractivity contribution in [1.82, 2.24) is 0 Å². The highest BCUT2D eigenvalue weighted by Gasteiger charge is 2.25. The van der Waals surface area contributed by atoms with Crippen LogP contribution in [0.2, 0.25) is 0 Å². The van der Waals surface area contributed by atoms with Crippen molar-refractivity contribution in [2.45, 2.75) is 30.0 Å². The van der Waals surface area contributed by atoms with Crippen LogP contribution in [0.4, 0.5) is 0 Å². The van der Waals surface area contributed by atoms with Crippen molar-refractivity contribution >= 4 is 15.9 Å². The maximum Gasteiger partial charge on any atom is 0.161 e. The standard InChI is InChI=1S/C13H15BrO2/c14-11-3-1-9(7-11)10-2-4-12-13(8-10)16-6-5-15-12/h2,4,8-9,11H,1,3,5-7H2. The number of fused-ring (bicyclic) bond motifs is 1. The average Bonchev–Trinajstić information content (AvgIpc) is 2.75. The lowest BCUT2D eigenvalue weighted by Gasteiger charge is -2.20. The first-order chi connectivity index (χ1) is 7.83. The van der Waals surface area contributed by atoms with Crippen LogP contribution >= 0.6 is 15.9 Å². The van der Waals surface area contributed by atoms with Gasteiger partial charge in [0, 0.05) is 4.83 Å². The van der Waals surface area contributed by atoms with E-state index in [1.807, 2.05) is 6.07 Å². The molecule has 3 heteroatoms. The Labute approximate surface area is 104 Å². The number of rotatable bonds is 1. The van der Waals surface area contributed by atoms with Crippen LogP contribution in [-0.2, 0) is 0 Å². The van der Waals surface area contributed by atoms with Gasteiger partial charge in [0.15, 0.2) is 11.5 Å². The van der Waals surface area contributed by atoms with Gasteiger partial charge >= 0.3 is 0 Å². The largest absolute Gasteiger partial charge is 0.486 e. The molecule has 0 radical (unpaired) electrons. The molecule has 1 aliphatic carbocycles. The predicted molar refractivity (Wildman–Crippen MR) is 66.7 cm³/mol. The molecule has 0 N–H and O–H groups in total. The molecule has 1 aliphatic heterocycles. The Balaban J connectivity index is 1.85. The minimum Gasteiger partial charge on any atom is -0.486 e. The second-order valence-corrected chi connectivity index (χ2v) is 5.81. The lowest BCUT2D eigenvalue weighted by Crippen LogP contribution is -2.15. The topological polar surface area (TPSA) is 18.5 Å².